The molecule has 1 aliphatic rings. The number of hydrogen-bond acceptors (Lipinski definition) is 3. The normalized spacial score (nSPS) is 17.1. The lowest BCUT2D eigenvalue weighted by Crippen LogP contribution is -2.43. The third kappa shape index (κ3) is 3.84. The van der Waals surface area contributed by atoms with Gasteiger partial charge in [0.15, 0.2) is 6.10 Å². The molecule has 0 N–H and O–H groups in total. The predicted molar refractivity (Wildman–Crippen MR) is 76.1 cm³/mol. The lowest BCUT2D eigenvalue weighted by molar-refractivity contribution is -0.203. The van der Waals surface area contributed by atoms with Gasteiger partial charge in [0, 0.05) is 11.6 Å². The summed E-state index contributed by atoms with van der Waals surface area (Å²) in [5.74, 6) is 0.420. The maximum atomic E-state index is 12.1. The molecule has 104 valence electrons. The molecule has 0 radical (unpaired) electrons. The molecule has 1 aromatic rings. The average Bonchev–Trinajstić information content (AvgIpc) is 2.42. The van der Waals surface area contributed by atoms with E-state index in [0.717, 1.165) is 17.3 Å². The number of rotatable bonds is 3. The third-order valence-electron chi connectivity index (χ3n) is 2.79. The Hall–Kier alpha value is -0.780. The van der Waals surface area contributed by atoms with E-state index in [4.69, 9.17) is 21.2 Å². The molecule has 1 saturated heterocycles. The minimum absolute atomic E-state index is 0.165. The molecule has 19 heavy (non-hydrogen) atoms. The molecule has 0 aromatic heterocycles. The summed E-state index contributed by atoms with van der Waals surface area (Å²) in [6, 6.07) is 5.18. The fourth-order valence-corrected chi connectivity index (χ4v) is 2.56. The van der Waals surface area contributed by atoms with Crippen molar-refractivity contribution in [3.05, 3.63) is 27.7 Å². The first-order valence-electron chi connectivity index (χ1n) is 6.14. The van der Waals surface area contributed by atoms with Gasteiger partial charge in [-0.3, -0.25) is 9.63 Å². The summed E-state index contributed by atoms with van der Waals surface area (Å²) in [4.78, 5) is 17.4. The first-order valence-corrected chi connectivity index (χ1v) is 7.31. The molecule has 1 amide bonds. The van der Waals surface area contributed by atoms with Crippen LogP contribution in [0.15, 0.2) is 22.7 Å². The van der Waals surface area contributed by atoms with Crippen LogP contribution in [0, 0.1) is 0 Å². The van der Waals surface area contributed by atoms with E-state index in [1.807, 2.05) is 0 Å². The first kappa shape index (κ1) is 14.6. The van der Waals surface area contributed by atoms with Crippen molar-refractivity contribution < 1.29 is 14.4 Å². The van der Waals surface area contributed by atoms with Crippen LogP contribution >= 0.6 is 27.5 Å². The Morgan fingerprint density at radius 2 is 2.32 bits per heavy atom. The standard InChI is InChI=1S/C13H15BrClNO3/c1-9(13(17)16-6-2-3-7-18-16)19-12-5-4-10(15)8-11(12)14/h4-5,8-9H,2-3,6-7H2,1H3. The highest BCUT2D eigenvalue weighted by molar-refractivity contribution is 9.10. The lowest BCUT2D eigenvalue weighted by atomic mass is 10.2. The van der Waals surface area contributed by atoms with Crippen molar-refractivity contribution >= 4 is 33.4 Å². The van der Waals surface area contributed by atoms with Gasteiger partial charge in [0.1, 0.15) is 5.75 Å². The average molecular weight is 349 g/mol. The van der Waals surface area contributed by atoms with Crippen LogP contribution in [0.1, 0.15) is 19.8 Å². The zero-order valence-corrected chi connectivity index (χ0v) is 12.9. The van der Waals surface area contributed by atoms with Gasteiger partial charge in [0.25, 0.3) is 5.91 Å². The van der Waals surface area contributed by atoms with Crippen molar-refractivity contribution in [3.8, 4) is 5.75 Å². The van der Waals surface area contributed by atoms with E-state index in [9.17, 15) is 4.79 Å². The molecular formula is C13H15BrClNO3. The highest BCUT2D eigenvalue weighted by Gasteiger charge is 2.25. The number of hydrogen-bond donors (Lipinski definition) is 0. The zero-order valence-electron chi connectivity index (χ0n) is 10.6. The molecule has 1 heterocycles. The van der Waals surface area contributed by atoms with Gasteiger partial charge in [-0.25, -0.2) is 5.06 Å². The molecule has 0 spiro atoms. The summed E-state index contributed by atoms with van der Waals surface area (Å²) < 4.78 is 6.36. The van der Waals surface area contributed by atoms with Crippen molar-refractivity contribution in [1.29, 1.82) is 0 Å². The SMILES string of the molecule is CC(Oc1ccc(Cl)cc1Br)C(=O)N1CCCCO1. The van der Waals surface area contributed by atoms with Gasteiger partial charge in [-0.1, -0.05) is 11.6 Å². The Morgan fingerprint density at radius 1 is 1.53 bits per heavy atom. The van der Waals surface area contributed by atoms with Crippen LogP contribution in [-0.4, -0.2) is 30.2 Å². The second-order valence-electron chi connectivity index (χ2n) is 4.32. The number of benzene rings is 1. The van der Waals surface area contributed by atoms with E-state index in [-0.39, 0.29) is 5.91 Å². The summed E-state index contributed by atoms with van der Waals surface area (Å²) in [5, 5.41) is 2.00. The van der Waals surface area contributed by atoms with Crippen molar-refractivity contribution in [2.75, 3.05) is 13.2 Å². The van der Waals surface area contributed by atoms with Crippen LogP contribution in [-0.2, 0) is 9.63 Å². The Labute approximate surface area is 125 Å². The van der Waals surface area contributed by atoms with Gasteiger partial charge in [0.05, 0.1) is 11.1 Å². The second-order valence-corrected chi connectivity index (χ2v) is 5.61. The Balaban J connectivity index is 1.99. The molecule has 0 aliphatic carbocycles. The molecule has 1 fully saturated rings. The van der Waals surface area contributed by atoms with Crippen LogP contribution in [0.3, 0.4) is 0 Å². The molecule has 0 bridgehead atoms. The number of nitrogens with zero attached hydrogens (tertiary/aromatic N) is 1. The molecule has 2 rings (SSSR count). The van der Waals surface area contributed by atoms with E-state index < -0.39 is 6.10 Å². The van der Waals surface area contributed by atoms with Gasteiger partial charge in [-0.2, -0.15) is 0 Å². The molecule has 0 saturated carbocycles. The zero-order chi connectivity index (χ0) is 13.8. The minimum Gasteiger partial charge on any atom is -0.480 e. The van der Waals surface area contributed by atoms with Crippen LogP contribution in [0.2, 0.25) is 5.02 Å². The van der Waals surface area contributed by atoms with Crippen LogP contribution in [0.25, 0.3) is 0 Å². The minimum atomic E-state index is -0.601. The molecule has 1 aromatic carbocycles. The van der Waals surface area contributed by atoms with Gasteiger partial charge < -0.3 is 4.74 Å². The van der Waals surface area contributed by atoms with Crippen LogP contribution in [0.4, 0.5) is 0 Å². The van der Waals surface area contributed by atoms with E-state index in [1.165, 1.54) is 5.06 Å². The smallest absolute Gasteiger partial charge is 0.286 e. The summed E-state index contributed by atoms with van der Waals surface area (Å²) in [6.07, 6.45) is 1.35. The third-order valence-corrected chi connectivity index (χ3v) is 3.65. The molecule has 6 heteroatoms. The monoisotopic (exact) mass is 347 g/mol. The Bertz CT molecular complexity index is 463. The van der Waals surface area contributed by atoms with E-state index >= 15 is 0 Å². The maximum Gasteiger partial charge on any atom is 0.286 e. The maximum absolute atomic E-state index is 12.1. The molecule has 1 unspecified atom stereocenters. The van der Waals surface area contributed by atoms with Crippen molar-refractivity contribution in [2.24, 2.45) is 0 Å². The molecule has 1 aliphatic heterocycles. The number of amides is 1. The number of hydroxylamine groups is 2. The fraction of sp³-hybridized carbons (Fsp3) is 0.462. The second kappa shape index (κ2) is 6.59. The van der Waals surface area contributed by atoms with Gasteiger partial charge in [-0.05, 0) is 53.9 Å². The van der Waals surface area contributed by atoms with Crippen molar-refractivity contribution in [1.82, 2.24) is 5.06 Å². The van der Waals surface area contributed by atoms with Crippen molar-refractivity contribution in [3.63, 3.8) is 0 Å². The predicted octanol–water partition coefficient (Wildman–Crippen LogP) is 3.42. The van der Waals surface area contributed by atoms with E-state index in [0.29, 0.717) is 23.9 Å². The summed E-state index contributed by atoms with van der Waals surface area (Å²) in [6.45, 7) is 2.92. The lowest BCUT2D eigenvalue weighted by Gasteiger charge is -2.28. The summed E-state index contributed by atoms with van der Waals surface area (Å²) in [7, 11) is 0. The fourth-order valence-electron chi connectivity index (χ4n) is 1.78. The number of ether oxygens (including phenoxy) is 1. The molecule has 4 nitrogen and oxygen atoms in total. The Morgan fingerprint density at radius 3 is 2.95 bits per heavy atom. The van der Waals surface area contributed by atoms with Gasteiger partial charge in [-0.15, -0.1) is 0 Å². The van der Waals surface area contributed by atoms with Crippen LogP contribution in [0.5, 0.6) is 5.75 Å². The number of halogens is 2. The van der Waals surface area contributed by atoms with E-state index in [1.54, 1.807) is 25.1 Å². The quantitative estimate of drug-likeness (QED) is 0.840. The summed E-state index contributed by atoms with van der Waals surface area (Å²) >= 11 is 9.21. The van der Waals surface area contributed by atoms with Crippen molar-refractivity contribution in [2.45, 2.75) is 25.9 Å². The van der Waals surface area contributed by atoms with E-state index in [2.05, 4.69) is 15.9 Å². The van der Waals surface area contributed by atoms with Crippen LogP contribution < -0.4 is 4.74 Å². The number of carbonyl (C=O) groups is 1. The first-order chi connectivity index (χ1) is 9.08. The largest absolute Gasteiger partial charge is 0.480 e. The highest BCUT2D eigenvalue weighted by Crippen LogP contribution is 2.29. The summed E-state index contributed by atoms with van der Waals surface area (Å²) in [5.41, 5.74) is 0. The highest BCUT2D eigenvalue weighted by atomic mass is 79.9. The molecule has 1 atom stereocenters. The van der Waals surface area contributed by atoms with Gasteiger partial charge >= 0.3 is 0 Å². The van der Waals surface area contributed by atoms with Gasteiger partial charge in [0.2, 0.25) is 0 Å². The Kier molecular flexibility index (Phi) is 5.07. The topological polar surface area (TPSA) is 38.8 Å². The molecular weight excluding hydrogens is 334 g/mol. The number of carbonyl (C=O) groups excluding carboxylic acids is 1.